The smallest absolute Gasteiger partial charge is 0.236 e. The average molecular weight is 466 g/mol. The van der Waals surface area contributed by atoms with Gasteiger partial charge in [0, 0.05) is 23.1 Å². The summed E-state index contributed by atoms with van der Waals surface area (Å²) >= 11 is 2.65. The van der Waals surface area contributed by atoms with Gasteiger partial charge in [-0.05, 0) is 31.2 Å². The van der Waals surface area contributed by atoms with Gasteiger partial charge in [0.25, 0.3) is 0 Å². The second-order valence-electron chi connectivity index (χ2n) is 6.95. The van der Waals surface area contributed by atoms with Crippen molar-refractivity contribution in [1.29, 1.82) is 0 Å². The van der Waals surface area contributed by atoms with Gasteiger partial charge in [0.15, 0.2) is 16.1 Å². The molecular weight excluding hydrogens is 445 g/mol. The Hall–Kier alpha value is -3.30. The quantitative estimate of drug-likeness (QED) is 0.277. The number of rotatable bonds is 8. The largest absolute Gasteiger partial charge is 0.301 e. The summed E-state index contributed by atoms with van der Waals surface area (Å²) in [5.41, 5.74) is 3.75. The minimum Gasteiger partial charge on any atom is -0.301 e. The van der Waals surface area contributed by atoms with Crippen LogP contribution in [-0.4, -0.2) is 31.4 Å². The van der Waals surface area contributed by atoms with E-state index in [2.05, 4.69) is 27.1 Å². The van der Waals surface area contributed by atoms with Gasteiger partial charge < -0.3 is 5.32 Å². The number of nitrogens with one attached hydrogen (secondary N) is 1. The van der Waals surface area contributed by atoms with E-state index in [4.69, 9.17) is 0 Å². The SMILES string of the molecule is C=CCn1c(SCC(=O)Nc2nc(-c3ccc(C)cc3)cs2)nnc1-c1ccc(F)cc1. The number of nitrogens with zero attached hydrogens (tertiary/aromatic N) is 4. The van der Waals surface area contributed by atoms with Crippen molar-refractivity contribution in [3.63, 3.8) is 0 Å². The number of amides is 1. The monoisotopic (exact) mass is 465 g/mol. The van der Waals surface area contributed by atoms with E-state index >= 15 is 0 Å². The minimum atomic E-state index is -0.317. The normalized spacial score (nSPS) is 10.8. The predicted molar refractivity (Wildman–Crippen MR) is 127 cm³/mol. The molecular formula is C23H20FN5OS2. The van der Waals surface area contributed by atoms with Crippen LogP contribution in [0.4, 0.5) is 9.52 Å². The number of hydrogen-bond acceptors (Lipinski definition) is 6. The molecule has 1 amide bonds. The molecule has 0 bridgehead atoms. The Bertz CT molecular complexity index is 1230. The maximum atomic E-state index is 13.2. The molecule has 0 radical (unpaired) electrons. The summed E-state index contributed by atoms with van der Waals surface area (Å²) in [5, 5.41) is 14.3. The Morgan fingerprint density at radius 3 is 2.59 bits per heavy atom. The number of thioether (sulfide) groups is 1. The Morgan fingerprint density at radius 2 is 1.88 bits per heavy atom. The van der Waals surface area contributed by atoms with Gasteiger partial charge in [0.1, 0.15) is 5.82 Å². The van der Waals surface area contributed by atoms with Crippen molar-refractivity contribution >= 4 is 34.1 Å². The van der Waals surface area contributed by atoms with E-state index in [1.54, 1.807) is 18.2 Å². The summed E-state index contributed by atoms with van der Waals surface area (Å²) in [6.45, 7) is 6.28. The highest BCUT2D eigenvalue weighted by Crippen LogP contribution is 2.27. The van der Waals surface area contributed by atoms with Crippen LogP contribution >= 0.6 is 23.1 Å². The molecule has 2 aromatic heterocycles. The molecule has 0 saturated carbocycles. The maximum Gasteiger partial charge on any atom is 0.236 e. The summed E-state index contributed by atoms with van der Waals surface area (Å²) in [7, 11) is 0. The number of hydrogen-bond donors (Lipinski definition) is 1. The third-order valence-corrected chi connectivity index (χ3v) is 6.29. The zero-order valence-electron chi connectivity index (χ0n) is 17.3. The molecule has 2 heterocycles. The van der Waals surface area contributed by atoms with Crippen molar-refractivity contribution in [1.82, 2.24) is 19.7 Å². The lowest BCUT2D eigenvalue weighted by molar-refractivity contribution is -0.113. The molecule has 0 saturated heterocycles. The van der Waals surface area contributed by atoms with Gasteiger partial charge in [-0.1, -0.05) is 47.7 Å². The van der Waals surface area contributed by atoms with E-state index in [1.807, 2.05) is 41.1 Å². The van der Waals surface area contributed by atoms with E-state index in [1.165, 1.54) is 40.8 Å². The van der Waals surface area contributed by atoms with Gasteiger partial charge in [0.05, 0.1) is 11.4 Å². The number of carbonyl (C=O) groups excluding carboxylic acids is 1. The third kappa shape index (κ3) is 5.12. The Labute approximate surface area is 193 Å². The van der Waals surface area contributed by atoms with Crippen LogP contribution in [0, 0.1) is 12.7 Å². The lowest BCUT2D eigenvalue weighted by Crippen LogP contribution is -2.14. The van der Waals surface area contributed by atoms with Gasteiger partial charge in [-0.25, -0.2) is 9.37 Å². The summed E-state index contributed by atoms with van der Waals surface area (Å²) in [6.07, 6.45) is 1.72. The molecule has 32 heavy (non-hydrogen) atoms. The van der Waals surface area contributed by atoms with E-state index in [-0.39, 0.29) is 17.5 Å². The lowest BCUT2D eigenvalue weighted by atomic mass is 10.1. The zero-order valence-corrected chi connectivity index (χ0v) is 18.9. The van der Waals surface area contributed by atoms with Crippen LogP contribution in [0.3, 0.4) is 0 Å². The molecule has 0 aliphatic rings. The molecule has 9 heteroatoms. The molecule has 0 aliphatic heterocycles. The van der Waals surface area contributed by atoms with Crippen LogP contribution in [0.2, 0.25) is 0 Å². The van der Waals surface area contributed by atoms with Crippen LogP contribution in [-0.2, 0) is 11.3 Å². The second kappa shape index (κ2) is 9.88. The molecule has 4 aromatic rings. The van der Waals surface area contributed by atoms with Crippen molar-refractivity contribution in [2.45, 2.75) is 18.6 Å². The number of thiazole rings is 1. The number of allylic oxidation sites excluding steroid dienone is 1. The molecule has 0 atom stereocenters. The molecule has 162 valence electrons. The number of aromatic nitrogens is 4. The van der Waals surface area contributed by atoms with Crippen molar-refractivity contribution in [3.8, 4) is 22.6 Å². The fourth-order valence-electron chi connectivity index (χ4n) is 2.98. The maximum absolute atomic E-state index is 13.2. The van der Waals surface area contributed by atoms with Crippen molar-refractivity contribution in [3.05, 3.63) is 77.9 Å². The molecule has 0 fully saturated rings. The highest BCUT2D eigenvalue weighted by molar-refractivity contribution is 7.99. The summed E-state index contributed by atoms with van der Waals surface area (Å²) in [6, 6.07) is 14.1. The molecule has 0 aliphatic carbocycles. The Kier molecular flexibility index (Phi) is 6.77. The topological polar surface area (TPSA) is 72.7 Å². The van der Waals surface area contributed by atoms with Crippen LogP contribution in [0.15, 0.2) is 71.7 Å². The van der Waals surface area contributed by atoms with Crippen LogP contribution in [0.25, 0.3) is 22.6 Å². The van der Waals surface area contributed by atoms with Crippen LogP contribution in [0.5, 0.6) is 0 Å². The van der Waals surface area contributed by atoms with Crippen molar-refractivity contribution in [2.75, 3.05) is 11.1 Å². The number of halogens is 1. The van der Waals surface area contributed by atoms with E-state index in [0.717, 1.165) is 16.8 Å². The van der Waals surface area contributed by atoms with E-state index in [9.17, 15) is 9.18 Å². The molecule has 0 spiro atoms. The van der Waals surface area contributed by atoms with Crippen LogP contribution in [0.1, 0.15) is 5.56 Å². The van der Waals surface area contributed by atoms with E-state index in [0.29, 0.717) is 22.7 Å². The summed E-state index contributed by atoms with van der Waals surface area (Å²) < 4.78 is 15.1. The number of anilines is 1. The minimum absolute atomic E-state index is 0.151. The first-order chi connectivity index (χ1) is 15.5. The van der Waals surface area contributed by atoms with Gasteiger partial charge in [-0.15, -0.1) is 28.1 Å². The van der Waals surface area contributed by atoms with Crippen molar-refractivity contribution < 1.29 is 9.18 Å². The lowest BCUT2D eigenvalue weighted by Gasteiger charge is -2.07. The molecule has 2 aromatic carbocycles. The first-order valence-corrected chi connectivity index (χ1v) is 11.7. The molecule has 0 unspecified atom stereocenters. The Balaban J connectivity index is 1.41. The Morgan fingerprint density at radius 1 is 1.16 bits per heavy atom. The van der Waals surface area contributed by atoms with Crippen LogP contribution < -0.4 is 5.32 Å². The average Bonchev–Trinajstić information content (AvgIpc) is 3.41. The highest BCUT2D eigenvalue weighted by Gasteiger charge is 2.16. The fourth-order valence-corrected chi connectivity index (χ4v) is 4.46. The van der Waals surface area contributed by atoms with Gasteiger partial charge in [-0.2, -0.15) is 0 Å². The van der Waals surface area contributed by atoms with Gasteiger partial charge in [-0.3, -0.25) is 9.36 Å². The summed E-state index contributed by atoms with van der Waals surface area (Å²) in [4.78, 5) is 17.0. The number of carbonyl (C=O) groups is 1. The molecule has 1 N–H and O–H groups in total. The predicted octanol–water partition coefficient (Wildman–Crippen LogP) is 5.43. The number of benzene rings is 2. The van der Waals surface area contributed by atoms with Gasteiger partial charge in [0.2, 0.25) is 5.91 Å². The second-order valence-corrected chi connectivity index (χ2v) is 8.75. The third-order valence-electron chi connectivity index (χ3n) is 4.56. The molecule has 6 nitrogen and oxygen atoms in total. The first kappa shape index (κ1) is 21.9. The highest BCUT2D eigenvalue weighted by atomic mass is 32.2. The first-order valence-electron chi connectivity index (χ1n) is 9.79. The zero-order chi connectivity index (χ0) is 22.5. The van der Waals surface area contributed by atoms with Crippen molar-refractivity contribution in [2.24, 2.45) is 0 Å². The molecule has 4 rings (SSSR count). The standard InChI is InChI=1S/C23H20FN5OS2/c1-3-12-29-21(17-8-10-18(24)11-9-17)27-28-23(29)32-14-20(30)26-22-25-19(13-31-22)16-6-4-15(2)5-7-16/h3-11,13H,1,12,14H2,2H3,(H,25,26,30). The fraction of sp³-hybridized carbons (Fsp3) is 0.130. The summed E-state index contributed by atoms with van der Waals surface area (Å²) in [5.74, 6) is 0.243. The van der Waals surface area contributed by atoms with Gasteiger partial charge >= 0.3 is 0 Å². The number of aryl methyl sites for hydroxylation is 1. The van der Waals surface area contributed by atoms with E-state index < -0.39 is 0 Å².